The molecule has 0 aromatic rings. The second-order valence-corrected chi connectivity index (χ2v) is 4.42. The Morgan fingerprint density at radius 1 is 0.889 bits per heavy atom. The van der Waals surface area contributed by atoms with Crippen molar-refractivity contribution in [1.82, 2.24) is 0 Å². The molecule has 0 aliphatic rings. The van der Waals surface area contributed by atoms with Crippen LogP contribution in [0.2, 0.25) is 0 Å². The molecule has 0 rings (SSSR count). The number of aliphatic carboxylic acids is 2. The van der Waals surface area contributed by atoms with Crippen LogP contribution in [0.5, 0.6) is 0 Å². The first-order chi connectivity index (χ1) is 7.45. The van der Waals surface area contributed by atoms with Crippen LogP contribution in [-0.4, -0.2) is 11.9 Å². The van der Waals surface area contributed by atoms with E-state index < -0.39 is 17.4 Å². The Morgan fingerprint density at radius 3 is 1.67 bits per heavy atom. The van der Waals surface area contributed by atoms with Gasteiger partial charge in [0.1, 0.15) is 0 Å². The van der Waals surface area contributed by atoms with Crippen LogP contribution in [0.3, 0.4) is 0 Å². The molecule has 0 saturated heterocycles. The van der Waals surface area contributed by atoms with Gasteiger partial charge in [0, 0.05) is 5.41 Å². The average Bonchev–Trinajstić information content (AvgIpc) is 2.22. The molecular weight excluding hydrogens is 222 g/mol. The van der Waals surface area contributed by atoms with E-state index in [4.69, 9.17) is 0 Å². The largest absolute Gasteiger partial charge is 1.00 e. The van der Waals surface area contributed by atoms with Crippen LogP contribution in [0.1, 0.15) is 58.8 Å². The summed E-state index contributed by atoms with van der Waals surface area (Å²) in [6.07, 6.45) is 5.98. The van der Waals surface area contributed by atoms with Crippen molar-refractivity contribution < 1.29 is 57.5 Å². The predicted octanol–water partition coefficient (Wildman–Crippen LogP) is -5.75. The summed E-state index contributed by atoms with van der Waals surface area (Å²) >= 11 is 0. The fraction of sp³-hybridized carbons (Fsp3) is 0.833. The van der Waals surface area contributed by atoms with E-state index >= 15 is 0 Å². The molecule has 0 aliphatic carbocycles. The molecule has 0 fully saturated rings. The molecule has 0 spiro atoms. The fourth-order valence-electron chi connectivity index (χ4n) is 1.55. The van der Waals surface area contributed by atoms with Crippen LogP contribution in [-0.2, 0) is 9.59 Å². The summed E-state index contributed by atoms with van der Waals surface area (Å²) in [5.74, 6) is -3.11. The van der Waals surface area contributed by atoms with Gasteiger partial charge in [0.2, 0.25) is 0 Å². The van der Waals surface area contributed by atoms with Crippen LogP contribution < -0.4 is 47.9 Å². The van der Waals surface area contributed by atoms with Gasteiger partial charge in [-0.3, -0.25) is 0 Å². The van der Waals surface area contributed by atoms with Gasteiger partial charge in [-0.1, -0.05) is 45.4 Å². The quantitative estimate of drug-likeness (QED) is 0.229. The molecule has 0 N–H and O–H groups in total. The monoisotopic (exact) mass is 242 g/mol. The number of hydrogen-bond donors (Lipinski definition) is 0. The third-order valence-corrected chi connectivity index (χ3v) is 2.93. The SMILES string of the molecule is CCCCCCCCC(C)(C(=O)[O-])C(=O)[O-].[Li+].[Li+]. The number of carbonyl (C=O) groups excluding carboxylic acids is 2. The third-order valence-electron chi connectivity index (χ3n) is 2.93. The molecule has 0 saturated carbocycles. The van der Waals surface area contributed by atoms with Crippen molar-refractivity contribution in [2.24, 2.45) is 5.41 Å². The van der Waals surface area contributed by atoms with Gasteiger partial charge < -0.3 is 19.8 Å². The van der Waals surface area contributed by atoms with E-state index in [9.17, 15) is 19.8 Å². The maximum Gasteiger partial charge on any atom is 1.00 e. The van der Waals surface area contributed by atoms with E-state index in [1.165, 1.54) is 0 Å². The van der Waals surface area contributed by atoms with Crippen LogP contribution in [0, 0.1) is 5.41 Å². The second kappa shape index (κ2) is 12.2. The smallest absolute Gasteiger partial charge is 0.549 e. The van der Waals surface area contributed by atoms with Gasteiger partial charge in [-0.15, -0.1) is 0 Å². The minimum atomic E-state index is -1.84. The van der Waals surface area contributed by atoms with E-state index in [-0.39, 0.29) is 44.1 Å². The Bertz CT molecular complexity index is 230. The summed E-state index contributed by atoms with van der Waals surface area (Å²) in [6, 6.07) is 0. The molecule has 6 heteroatoms. The Morgan fingerprint density at radius 2 is 1.28 bits per heavy atom. The van der Waals surface area contributed by atoms with E-state index in [2.05, 4.69) is 6.92 Å². The van der Waals surface area contributed by atoms with Crippen LogP contribution in [0.4, 0.5) is 0 Å². The van der Waals surface area contributed by atoms with Gasteiger partial charge in [-0.2, -0.15) is 0 Å². The summed E-state index contributed by atoms with van der Waals surface area (Å²) in [5.41, 5.74) is -1.84. The number of unbranched alkanes of at least 4 members (excludes halogenated alkanes) is 5. The number of carboxylic acids is 2. The van der Waals surface area contributed by atoms with Crippen molar-refractivity contribution in [3.05, 3.63) is 0 Å². The first-order valence-electron chi connectivity index (χ1n) is 5.88. The van der Waals surface area contributed by atoms with E-state index in [0.29, 0.717) is 6.42 Å². The molecule has 0 unspecified atom stereocenters. The van der Waals surface area contributed by atoms with Crippen molar-refractivity contribution in [2.75, 3.05) is 0 Å². The first kappa shape index (κ1) is 23.2. The van der Waals surface area contributed by atoms with E-state index in [0.717, 1.165) is 39.0 Å². The molecule has 18 heavy (non-hydrogen) atoms. The van der Waals surface area contributed by atoms with Crippen molar-refractivity contribution in [3.63, 3.8) is 0 Å². The summed E-state index contributed by atoms with van der Waals surface area (Å²) in [5, 5.41) is 21.4. The Balaban J connectivity index is -0.00000112. The second-order valence-electron chi connectivity index (χ2n) is 4.42. The molecule has 0 aromatic heterocycles. The summed E-state index contributed by atoms with van der Waals surface area (Å²) in [7, 11) is 0. The van der Waals surface area contributed by atoms with Crippen LogP contribution in [0.15, 0.2) is 0 Å². The van der Waals surface area contributed by atoms with Gasteiger partial charge in [0.05, 0.1) is 11.9 Å². The Kier molecular flexibility index (Phi) is 15.7. The zero-order valence-electron chi connectivity index (χ0n) is 12.1. The topological polar surface area (TPSA) is 80.3 Å². The maximum atomic E-state index is 10.7. The van der Waals surface area contributed by atoms with Gasteiger partial charge in [0.25, 0.3) is 0 Å². The van der Waals surface area contributed by atoms with Crippen LogP contribution >= 0.6 is 0 Å². The first-order valence-corrected chi connectivity index (χ1v) is 5.88. The molecule has 0 aliphatic heterocycles. The number of rotatable bonds is 9. The molecule has 0 amide bonds. The van der Waals surface area contributed by atoms with Gasteiger partial charge in [-0.05, 0) is 13.3 Å². The number of hydrogen-bond acceptors (Lipinski definition) is 4. The van der Waals surface area contributed by atoms with Crippen molar-refractivity contribution in [1.29, 1.82) is 0 Å². The minimum absolute atomic E-state index is 0. The molecule has 4 nitrogen and oxygen atoms in total. The van der Waals surface area contributed by atoms with E-state index in [1.54, 1.807) is 0 Å². The maximum absolute atomic E-state index is 10.7. The molecular formula is C12H20Li2O4. The third kappa shape index (κ3) is 8.27. The summed E-state index contributed by atoms with van der Waals surface area (Å²) in [6.45, 7) is 3.27. The van der Waals surface area contributed by atoms with E-state index in [1.807, 2.05) is 0 Å². The number of carbonyl (C=O) groups is 2. The average molecular weight is 242 g/mol. The molecule has 0 aromatic carbocycles. The van der Waals surface area contributed by atoms with Crippen molar-refractivity contribution >= 4 is 11.9 Å². The van der Waals surface area contributed by atoms with Crippen molar-refractivity contribution in [3.8, 4) is 0 Å². The molecule has 0 heterocycles. The Hall–Kier alpha value is 0.135. The molecule has 94 valence electrons. The standard InChI is InChI=1S/C12H22O4.2Li/c1-3-4-5-6-7-8-9-12(2,10(13)14)11(15)16;;/h3-9H2,1-2H3,(H,13,14)(H,15,16);;/q;2*+1/p-2. The zero-order chi connectivity index (χ0) is 12.6. The minimum Gasteiger partial charge on any atom is -0.549 e. The Labute approximate surface area is 133 Å². The summed E-state index contributed by atoms with van der Waals surface area (Å²) in [4.78, 5) is 21.4. The molecule has 0 radical (unpaired) electrons. The fourth-order valence-corrected chi connectivity index (χ4v) is 1.55. The van der Waals surface area contributed by atoms with Gasteiger partial charge >= 0.3 is 37.7 Å². The normalized spacial score (nSPS) is 10.1. The van der Waals surface area contributed by atoms with Crippen LogP contribution in [0.25, 0.3) is 0 Å². The zero-order valence-corrected chi connectivity index (χ0v) is 12.1. The van der Waals surface area contributed by atoms with Gasteiger partial charge in [0.15, 0.2) is 0 Å². The van der Waals surface area contributed by atoms with Gasteiger partial charge in [-0.25, -0.2) is 0 Å². The van der Waals surface area contributed by atoms with Crippen molar-refractivity contribution in [2.45, 2.75) is 58.8 Å². The molecule has 0 bridgehead atoms. The summed E-state index contributed by atoms with van der Waals surface area (Å²) < 4.78 is 0. The predicted molar refractivity (Wildman–Crippen MR) is 56.1 cm³/mol. The number of carboxylic acid groups (broad SMARTS) is 2. The molecule has 0 atom stereocenters.